The Morgan fingerprint density at radius 1 is 0.971 bits per heavy atom. The van der Waals surface area contributed by atoms with Crippen LogP contribution in [0.5, 0.6) is 0 Å². The summed E-state index contributed by atoms with van der Waals surface area (Å²) in [5.74, 6) is -1.18. The van der Waals surface area contributed by atoms with Crippen LogP contribution in [0.15, 0.2) is 48.5 Å². The SMILES string of the molecule is O=C(CC1CC(NC(=O)OCC2c3ccccc3-c3ccccc32)C1)NCC1CC(C(=O)O)CO1. The van der Waals surface area contributed by atoms with E-state index < -0.39 is 18.0 Å². The fourth-order valence-corrected chi connectivity index (χ4v) is 5.41. The Hall–Kier alpha value is -3.39. The van der Waals surface area contributed by atoms with Gasteiger partial charge in [0.25, 0.3) is 0 Å². The first-order chi connectivity index (χ1) is 17.0. The van der Waals surface area contributed by atoms with Gasteiger partial charge < -0.3 is 25.2 Å². The zero-order chi connectivity index (χ0) is 24.4. The molecule has 8 nitrogen and oxygen atoms in total. The highest BCUT2D eigenvalue weighted by Crippen LogP contribution is 2.44. The minimum Gasteiger partial charge on any atom is -0.481 e. The maximum Gasteiger partial charge on any atom is 0.407 e. The number of rotatable bonds is 8. The molecular formula is C27H30N2O6. The Balaban J connectivity index is 1.01. The molecule has 3 N–H and O–H groups in total. The van der Waals surface area contributed by atoms with Gasteiger partial charge in [0.2, 0.25) is 5.91 Å². The van der Waals surface area contributed by atoms with Crippen LogP contribution in [0, 0.1) is 11.8 Å². The minimum absolute atomic E-state index is 0.0120. The summed E-state index contributed by atoms with van der Waals surface area (Å²) in [5.41, 5.74) is 4.74. The van der Waals surface area contributed by atoms with Gasteiger partial charge in [0.15, 0.2) is 0 Å². The third-order valence-corrected chi connectivity index (χ3v) is 7.33. The molecule has 2 aliphatic carbocycles. The molecule has 5 rings (SSSR count). The van der Waals surface area contributed by atoms with Crippen molar-refractivity contribution in [3.63, 3.8) is 0 Å². The average molecular weight is 479 g/mol. The fraction of sp³-hybridized carbons (Fsp3) is 0.444. The Morgan fingerprint density at radius 2 is 1.63 bits per heavy atom. The van der Waals surface area contributed by atoms with Gasteiger partial charge in [0.05, 0.1) is 18.6 Å². The molecule has 1 saturated heterocycles. The van der Waals surface area contributed by atoms with Crippen molar-refractivity contribution in [3.8, 4) is 11.1 Å². The molecule has 2 atom stereocenters. The molecule has 1 aliphatic heterocycles. The number of aliphatic carboxylic acids is 1. The molecule has 35 heavy (non-hydrogen) atoms. The van der Waals surface area contributed by atoms with E-state index in [1.54, 1.807) is 0 Å². The van der Waals surface area contributed by atoms with Gasteiger partial charge in [-0.3, -0.25) is 9.59 Å². The van der Waals surface area contributed by atoms with E-state index in [0.717, 1.165) is 12.8 Å². The molecule has 2 aromatic carbocycles. The summed E-state index contributed by atoms with van der Waals surface area (Å²) in [6.07, 6.45) is 1.61. The standard InChI is InChI=1S/C27H30N2O6/c30-25(28-13-19-12-17(14-34-19)26(31)32)11-16-9-18(10-16)29-27(33)35-15-24-22-7-3-1-5-20(22)21-6-2-4-8-23(21)24/h1-8,16-19,24H,9-15H2,(H,28,30)(H,29,33)(H,31,32). The third kappa shape index (κ3) is 5.17. The number of fused-ring (bicyclic) bond motifs is 3. The first-order valence-electron chi connectivity index (χ1n) is 12.2. The third-order valence-electron chi connectivity index (χ3n) is 7.33. The van der Waals surface area contributed by atoms with E-state index in [1.165, 1.54) is 22.3 Å². The average Bonchev–Trinajstić information content (AvgIpc) is 3.43. The molecule has 1 heterocycles. The zero-order valence-electron chi connectivity index (χ0n) is 19.4. The van der Waals surface area contributed by atoms with E-state index in [1.807, 2.05) is 24.3 Å². The van der Waals surface area contributed by atoms with Gasteiger partial charge in [-0.25, -0.2) is 4.79 Å². The van der Waals surface area contributed by atoms with E-state index in [9.17, 15) is 14.4 Å². The molecule has 2 fully saturated rings. The molecule has 0 spiro atoms. The molecular weight excluding hydrogens is 448 g/mol. The van der Waals surface area contributed by atoms with Gasteiger partial charge in [-0.1, -0.05) is 48.5 Å². The molecule has 3 aliphatic rings. The first kappa shape index (κ1) is 23.4. The quantitative estimate of drug-likeness (QED) is 0.537. The number of alkyl carbamates (subject to hydrolysis) is 1. The van der Waals surface area contributed by atoms with Crippen molar-refractivity contribution >= 4 is 18.0 Å². The van der Waals surface area contributed by atoms with Crippen molar-refractivity contribution in [1.29, 1.82) is 0 Å². The van der Waals surface area contributed by atoms with Crippen LogP contribution in [0.1, 0.15) is 42.7 Å². The molecule has 8 heteroatoms. The molecule has 0 aromatic heterocycles. The predicted molar refractivity (Wildman–Crippen MR) is 128 cm³/mol. The number of carbonyl (C=O) groups is 3. The van der Waals surface area contributed by atoms with Crippen LogP contribution in [0.2, 0.25) is 0 Å². The van der Waals surface area contributed by atoms with Crippen molar-refractivity contribution in [2.75, 3.05) is 19.8 Å². The van der Waals surface area contributed by atoms with Crippen LogP contribution in [-0.2, 0) is 19.1 Å². The lowest BCUT2D eigenvalue weighted by molar-refractivity contribution is -0.141. The van der Waals surface area contributed by atoms with Crippen LogP contribution in [0.4, 0.5) is 4.79 Å². The number of ether oxygens (including phenoxy) is 2. The van der Waals surface area contributed by atoms with E-state index in [-0.39, 0.29) is 43.1 Å². The van der Waals surface area contributed by atoms with Crippen molar-refractivity contribution in [1.82, 2.24) is 10.6 Å². The molecule has 2 aromatic rings. The van der Waals surface area contributed by atoms with Crippen LogP contribution in [0.25, 0.3) is 11.1 Å². The van der Waals surface area contributed by atoms with Gasteiger partial charge in [0.1, 0.15) is 6.61 Å². The van der Waals surface area contributed by atoms with Crippen LogP contribution >= 0.6 is 0 Å². The highest BCUT2D eigenvalue weighted by molar-refractivity contribution is 5.79. The second-order valence-electron chi connectivity index (χ2n) is 9.74. The van der Waals surface area contributed by atoms with Crippen molar-refractivity contribution < 1.29 is 29.0 Å². The normalized spacial score (nSPS) is 24.7. The number of benzene rings is 2. The van der Waals surface area contributed by atoms with Crippen molar-refractivity contribution in [2.45, 2.75) is 43.7 Å². The summed E-state index contributed by atoms with van der Waals surface area (Å²) in [5, 5.41) is 14.8. The molecule has 0 radical (unpaired) electrons. The predicted octanol–water partition coefficient (Wildman–Crippen LogP) is 3.30. The largest absolute Gasteiger partial charge is 0.481 e. The fourth-order valence-electron chi connectivity index (χ4n) is 5.41. The highest BCUT2D eigenvalue weighted by atomic mass is 16.5. The summed E-state index contributed by atoms with van der Waals surface area (Å²) < 4.78 is 11.0. The Kier molecular flexibility index (Phi) is 6.72. The number of hydrogen-bond acceptors (Lipinski definition) is 5. The van der Waals surface area contributed by atoms with E-state index in [4.69, 9.17) is 14.6 Å². The Morgan fingerprint density at radius 3 is 2.26 bits per heavy atom. The first-order valence-corrected chi connectivity index (χ1v) is 12.2. The molecule has 2 amide bonds. The van der Waals surface area contributed by atoms with Gasteiger partial charge in [-0.2, -0.15) is 0 Å². The number of amides is 2. The number of hydrogen-bond donors (Lipinski definition) is 3. The number of carbonyl (C=O) groups excluding carboxylic acids is 2. The van der Waals surface area contributed by atoms with Crippen LogP contribution < -0.4 is 10.6 Å². The summed E-state index contributed by atoms with van der Waals surface area (Å²) in [7, 11) is 0. The Bertz CT molecular complexity index is 1070. The van der Waals surface area contributed by atoms with Gasteiger partial charge >= 0.3 is 12.1 Å². The second kappa shape index (κ2) is 10.1. The minimum atomic E-state index is -0.858. The Labute approximate surface area is 204 Å². The maximum absolute atomic E-state index is 12.4. The number of nitrogens with one attached hydrogen (secondary N) is 2. The number of carboxylic acid groups (broad SMARTS) is 1. The molecule has 1 saturated carbocycles. The van der Waals surface area contributed by atoms with E-state index in [0.29, 0.717) is 19.4 Å². The second-order valence-corrected chi connectivity index (χ2v) is 9.74. The number of carboxylic acids is 1. The molecule has 2 unspecified atom stereocenters. The summed E-state index contributed by atoms with van der Waals surface area (Å²) in [4.78, 5) is 35.6. The van der Waals surface area contributed by atoms with Crippen molar-refractivity contribution in [3.05, 3.63) is 59.7 Å². The zero-order valence-corrected chi connectivity index (χ0v) is 19.4. The van der Waals surface area contributed by atoms with Gasteiger partial charge in [-0.05, 0) is 47.4 Å². The molecule has 184 valence electrons. The topological polar surface area (TPSA) is 114 Å². The maximum atomic E-state index is 12.4. The molecule has 0 bridgehead atoms. The van der Waals surface area contributed by atoms with E-state index in [2.05, 4.69) is 34.9 Å². The highest BCUT2D eigenvalue weighted by Gasteiger charge is 2.34. The van der Waals surface area contributed by atoms with Gasteiger partial charge in [0, 0.05) is 24.9 Å². The summed E-state index contributed by atoms with van der Waals surface area (Å²) in [6, 6.07) is 16.5. The lowest BCUT2D eigenvalue weighted by Crippen LogP contribution is -2.46. The lowest BCUT2D eigenvalue weighted by Gasteiger charge is -2.35. The smallest absolute Gasteiger partial charge is 0.407 e. The van der Waals surface area contributed by atoms with Crippen LogP contribution in [0.3, 0.4) is 0 Å². The van der Waals surface area contributed by atoms with Gasteiger partial charge in [-0.15, -0.1) is 0 Å². The monoisotopic (exact) mass is 478 g/mol. The summed E-state index contributed by atoms with van der Waals surface area (Å²) >= 11 is 0. The summed E-state index contributed by atoms with van der Waals surface area (Å²) in [6.45, 7) is 0.808. The van der Waals surface area contributed by atoms with Crippen molar-refractivity contribution in [2.24, 2.45) is 11.8 Å². The van der Waals surface area contributed by atoms with E-state index >= 15 is 0 Å². The lowest BCUT2D eigenvalue weighted by atomic mass is 9.78. The van der Waals surface area contributed by atoms with Crippen LogP contribution in [-0.4, -0.2) is 55.0 Å².